The van der Waals surface area contributed by atoms with Gasteiger partial charge in [-0.1, -0.05) is 115 Å². The number of benzene rings is 1. The van der Waals surface area contributed by atoms with Crippen molar-refractivity contribution in [1.82, 2.24) is 0 Å². The van der Waals surface area contributed by atoms with Crippen molar-refractivity contribution in [3.8, 4) is 0 Å². The maximum Gasteiger partial charge on any atom is 0.212 e. The lowest BCUT2D eigenvalue weighted by atomic mass is 10.0. The SMILES string of the molecule is CCCCCCCCCCCCCCCCCC1OCC(COCCCCCC[n+]2cccc3ccccc32)O1. The first kappa shape index (κ1) is 33.0. The third kappa shape index (κ3) is 14.4. The molecule has 2 unspecified atom stereocenters. The first-order valence-corrected chi connectivity index (χ1v) is 17.1. The zero-order chi connectivity index (χ0) is 27.9. The van der Waals surface area contributed by atoms with Crippen LogP contribution in [0.1, 0.15) is 135 Å². The second-order valence-corrected chi connectivity index (χ2v) is 12.0. The van der Waals surface area contributed by atoms with Gasteiger partial charge in [0.25, 0.3) is 0 Å². The molecular formula is C36H60NO3+. The Morgan fingerprint density at radius 3 is 2.02 bits per heavy atom. The van der Waals surface area contributed by atoms with Crippen molar-refractivity contribution in [3.63, 3.8) is 0 Å². The molecule has 0 radical (unpaired) electrons. The molecule has 1 aliphatic heterocycles. The van der Waals surface area contributed by atoms with E-state index in [9.17, 15) is 0 Å². The van der Waals surface area contributed by atoms with Crippen molar-refractivity contribution >= 4 is 10.9 Å². The van der Waals surface area contributed by atoms with Crippen LogP contribution in [0.25, 0.3) is 10.9 Å². The van der Waals surface area contributed by atoms with Gasteiger partial charge in [0.15, 0.2) is 12.5 Å². The first-order chi connectivity index (χ1) is 19.9. The Bertz CT molecular complexity index is 867. The van der Waals surface area contributed by atoms with Crippen molar-refractivity contribution in [2.75, 3.05) is 19.8 Å². The molecule has 2 aromatic rings. The molecule has 2 atom stereocenters. The molecule has 4 nitrogen and oxygen atoms in total. The van der Waals surface area contributed by atoms with E-state index in [0.29, 0.717) is 13.2 Å². The molecule has 2 heterocycles. The molecule has 226 valence electrons. The van der Waals surface area contributed by atoms with Gasteiger partial charge in [-0.25, -0.2) is 0 Å². The maximum atomic E-state index is 6.06. The normalized spacial score (nSPS) is 17.2. The van der Waals surface area contributed by atoms with Gasteiger partial charge in [-0.2, -0.15) is 4.57 Å². The van der Waals surface area contributed by atoms with Crippen LogP contribution >= 0.6 is 0 Å². The van der Waals surface area contributed by atoms with Crippen molar-refractivity contribution in [2.45, 2.75) is 154 Å². The highest BCUT2D eigenvalue weighted by atomic mass is 16.7. The van der Waals surface area contributed by atoms with Crippen LogP contribution in [0.4, 0.5) is 0 Å². The highest BCUT2D eigenvalue weighted by molar-refractivity contribution is 5.74. The minimum absolute atomic E-state index is 0.0119. The number of aromatic nitrogens is 1. The maximum absolute atomic E-state index is 6.06. The van der Waals surface area contributed by atoms with Crippen LogP contribution in [0.3, 0.4) is 0 Å². The second-order valence-electron chi connectivity index (χ2n) is 12.0. The van der Waals surface area contributed by atoms with Gasteiger partial charge >= 0.3 is 0 Å². The summed E-state index contributed by atoms with van der Waals surface area (Å²) in [5.74, 6) is 0. The minimum Gasteiger partial charge on any atom is -0.379 e. The summed E-state index contributed by atoms with van der Waals surface area (Å²) < 4.78 is 20.2. The number of para-hydroxylation sites is 1. The number of rotatable bonds is 25. The summed E-state index contributed by atoms with van der Waals surface area (Å²) in [6.45, 7) is 5.55. The second kappa shape index (κ2) is 22.2. The molecule has 0 amide bonds. The number of ether oxygens (including phenoxy) is 3. The van der Waals surface area contributed by atoms with E-state index >= 15 is 0 Å². The van der Waals surface area contributed by atoms with E-state index in [1.807, 2.05) is 0 Å². The predicted octanol–water partition coefficient (Wildman–Crippen LogP) is 9.71. The Balaban J connectivity index is 1.05. The Hall–Kier alpha value is -1.49. The quantitative estimate of drug-likeness (QED) is 0.0904. The molecule has 4 heteroatoms. The summed E-state index contributed by atoms with van der Waals surface area (Å²) in [7, 11) is 0. The lowest BCUT2D eigenvalue weighted by molar-refractivity contribution is -0.671. The van der Waals surface area contributed by atoms with Crippen LogP contribution in [0.2, 0.25) is 0 Å². The van der Waals surface area contributed by atoms with E-state index in [1.165, 1.54) is 126 Å². The Morgan fingerprint density at radius 2 is 1.30 bits per heavy atom. The van der Waals surface area contributed by atoms with Crippen LogP contribution < -0.4 is 4.57 Å². The fourth-order valence-corrected chi connectivity index (χ4v) is 5.90. The summed E-state index contributed by atoms with van der Waals surface area (Å²) in [6, 6.07) is 13.0. The number of aryl methyl sites for hydroxylation is 1. The highest BCUT2D eigenvalue weighted by Gasteiger charge is 2.25. The third-order valence-corrected chi connectivity index (χ3v) is 8.39. The molecule has 1 aromatic carbocycles. The van der Waals surface area contributed by atoms with Crippen LogP contribution in [0.5, 0.6) is 0 Å². The highest BCUT2D eigenvalue weighted by Crippen LogP contribution is 2.19. The summed E-state index contributed by atoms with van der Waals surface area (Å²) in [5, 5.41) is 1.31. The first-order valence-electron chi connectivity index (χ1n) is 17.1. The molecule has 40 heavy (non-hydrogen) atoms. The molecule has 0 saturated carbocycles. The van der Waals surface area contributed by atoms with Crippen molar-refractivity contribution in [1.29, 1.82) is 0 Å². The van der Waals surface area contributed by atoms with E-state index < -0.39 is 0 Å². The molecule has 0 spiro atoms. The minimum atomic E-state index is -0.0119. The molecule has 3 rings (SSSR count). The smallest absolute Gasteiger partial charge is 0.212 e. The molecule has 1 aliphatic rings. The van der Waals surface area contributed by atoms with E-state index in [1.54, 1.807) is 0 Å². The van der Waals surface area contributed by atoms with Gasteiger partial charge in [0.05, 0.1) is 13.2 Å². The van der Waals surface area contributed by atoms with Crippen LogP contribution in [0.15, 0.2) is 42.6 Å². The van der Waals surface area contributed by atoms with Crippen LogP contribution in [0, 0.1) is 0 Å². The van der Waals surface area contributed by atoms with Crippen molar-refractivity contribution < 1.29 is 18.8 Å². The lowest BCUT2D eigenvalue weighted by Crippen LogP contribution is -2.33. The molecule has 0 N–H and O–H groups in total. The van der Waals surface area contributed by atoms with Crippen molar-refractivity contribution in [3.05, 3.63) is 42.6 Å². The monoisotopic (exact) mass is 554 g/mol. The lowest BCUT2D eigenvalue weighted by Gasteiger charge is -2.12. The van der Waals surface area contributed by atoms with Gasteiger partial charge in [-0.05, 0) is 37.8 Å². The zero-order valence-electron chi connectivity index (χ0n) is 25.8. The van der Waals surface area contributed by atoms with Gasteiger partial charge in [0.1, 0.15) is 12.6 Å². The van der Waals surface area contributed by atoms with Crippen molar-refractivity contribution in [2.24, 2.45) is 0 Å². The Morgan fingerprint density at radius 1 is 0.700 bits per heavy atom. The summed E-state index contributed by atoms with van der Waals surface area (Å²) >= 11 is 0. The molecular weight excluding hydrogens is 494 g/mol. The van der Waals surface area contributed by atoms with Gasteiger partial charge in [-0.15, -0.1) is 0 Å². The predicted molar refractivity (Wildman–Crippen MR) is 168 cm³/mol. The van der Waals surface area contributed by atoms with E-state index in [4.69, 9.17) is 14.2 Å². The fraction of sp³-hybridized carbons (Fsp3) is 0.750. The van der Waals surface area contributed by atoms with Crippen LogP contribution in [-0.4, -0.2) is 32.2 Å². The number of hydrogen-bond acceptors (Lipinski definition) is 3. The average molecular weight is 555 g/mol. The molecule has 1 aromatic heterocycles. The number of unbranched alkanes of at least 4 members (excludes halogenated alkanes) is 17. The zero-order valence-corrected chi connectivity index (χ0v) is 25.8. The van der Waals surface area contributed by atoms with E-state index in [2.05, 4.69) is 54.1 Å². The molecule has 0 bridgehead atoms. The van der Waals surface area contributed by atoms with Gasteiger partial charge in [-0.3, -0.25) is 0 Å². The topological polar surface area (TPSA) is 31.6 Å². The standard InChI is InChI=1S/C36H60NO3/c1-2-3-4-5-6-7-8-9-10-11-12-13-14-15-18-27-36-39-32-34(40-36)31-38-30-22-17-16-21-28-37-29-23-25-33-24-19-20-26-35(33)37/h19-20,23-26,29,34,36H,2-18,21-22,27-28,30-32H2,1H3/q+1. The number of pyridine rings is 1. The van der Waals surface area contributed by atoms with Gasteiger partial charge in [0, 0.05) is 30.5 Å². The molecule has 0 aliphatic carbocycles. The van der Waals surface area contributed by atoms with Crippen LogP contribution in [-0.2, 0) is 20.8 Å². The Kier molecular flexibility index (Phi) is 18.3. The number of hydrogen-bond donors (Lipinski definition) is 0. The summed E-state index contributed by atoms with van der Waals surface area (Å²) in [5.41, 5.74) is 1.32. The fourth-order valence-electron chi connectivity index (χ4n) is 5.90. The molecule has 1 fully saturated rings. The summed E-state index contributed by atoms with van der Waals surface area (Å²) in [6.07, 6.45) is 29.1. The van der Waals surface area contributed by atoms with E-state index in [-0.39, 0.29) is 12.4 Å². The van der Waals surface area contributed by atoms with Gasteiger partial charge in [0.2, 0.25) is 5.52 Å². The van der Waals surface area contributed by atoms with Gasteiger partial charge < -0.3 is 14.2 Å². The molecule has 1 saturated heterocycles. The third-order valence-electron chi connectivity index (χ3n) is 8.39. The Labute approximate surface area is 246 Å². The number of nitrogens with zero attached hydrogens (tertiary/aromatic N) is 1. The average Bonchev–Trinajstić information content (AvgIpc) is 3.44. The van der Waals surface area contributed by atoms with E-state index in [0.717, 1.165) is 26.0 Å². The summed E-state index contributed by atoms with van der Waals surface area (Å²) in [4.78, 5) is 0. The number of fused-ring (bicyclic) bond motifs is 1. The largest absolute Gasteiger partial charge is 0.379 e.